The molecule has 0 amide bonds. The van der Waals surface area contributed by atoms with Crippen LogP contribution < -0.4 is 5.46 Å². The fourth-order valence-electron chi connectivity index (χ4n) is 0.720. The van der Waals surface area contributed by atoms with Gasteiger partial charge in [-0.2, -0.15) is 0 Å². The van der Waals surface area contributed by atoms with Crippen LogP contribution in [0.4, 0.5) is 13.2 Å². The maximum atomic E-state index is 12.5. The average molecular weight is 156 g/mol. The molecule has 0 saturated carbocycles. The van der Waals surface area contributed by atoms with E-state index < -0.39 is 17.8 Å². The molecule has 56 valence electrons. The van der Waals surface area contributed by atoms with Crippen LogP contribution in [0.5, 0.6) is 0 Å². The maximum Gasteiger partial charge on any atom is 0.266 e. The van der Waals surface area contributed by atoms with Gasteiger partial charge in [-0.1, -0.05) is 17.6 Å². The van der Waals surface area contributed by atoms with E-state index in [0.717, 1.165) is 12.1 Å². The number of rotatable bonds is 1. The molecule has 0 bridgehead atoms. The number of halogens is 3. The van der Waals surface area contributed by atoms with E-state index in [1.807, 2.05) is 0 Å². The Morgan fingerprint density at radius 1 is 1.27 bits per heavy atom. The van der Waals surface area contributed by atoms with Crippen molar-refractivity contribution < 1.29 is 13.2 Å². The second-order valence-electron chi connectivity index (χ2n) is 2.08. The van der Waals surface area contributed by atoms with E-state index in [9.17, 15) is 13.2 Å². The van der Waals surface area contributed by atoms with E-state index in [2.05, 4.69) is 0 Å². The molecule has 4 heteroatoms. The minimum Gasteiger partial charge on any atom is -0.207 e. The number of hydrogen-bond donors (Lipinski definition) is 0. The lowest BCUT2D eigenvalue weighted by Gasteiger charge is -2.01. The van der Waals surface area contributed by atoms with Gasteiger partial charge >= 0.3 is 0 Å². The van der Waals surface area contributed by atoms with Gasteiger partial charge < -0.3 is 0 Å². The summed E-state index contributed by atoms with van der Waals surface area (Å²) >= 11 is 0. The lowest BCUT2D eigenvalue weighted by atomic mass is 9.95. The van der Waals surface area contributed by atoms with Crippen molar-refractivity contribution >= 4 is 13.3 Å². The zero-order valence-corrected chi connectivity index (χ0v) is 5.52. The summed E-state index contributed by atoms with van der Waals surface area (Å²) in [4.78, 5) is 0. The van der Waals surface area contributed by atoms with Crippen molar-refractivity contribution in [3.8, 4) is 0 Å². The summed E-state index contributed by atoms with van der Waals surface area (Å²) in [6, 6.07) is 3.10. The van der Waals surface area contributed by atoms with Gasteiger partial charge in [-0.05, 0) is 6.07 Å². The van der Waals surface area contributed by atoms with Crippen molar-refractivity contribution in [3.63, 3.8) is 0 Å². The molecular weight excluding hydrogens is 152 g/mol. The summed E-state index contributed by atoms with van der Waals surface area (Å²) in [5.74, 6) is -0.958. The van der Waals surface area contributed by atoms with Crippen LogP contribution in [0.3, 0.4) is 0 Å². The van der Waals surface area contributed by atoms with E-state index in [1.165, 1.54) is 6.07 Å². The Hall–Kier alpha value is -0.925. The first-order chi connectivity index (χ1) is 5.11. The zero-order valence-electron chi connectivity index (χ0n) is 5.52. The molecule has 0 atom stereocenters. The molecule has 0 spiro atoms. The quantitative estimate of drug-likeness (QED) is 0.541. The Balaban J connectivity index is 3.09. The summed E-state index contributed by atoms with van der Waals surface area (Å²) in [7, 11) is 5.14. The third-order valence-corrected chi connectivity index (χ3v) is 1.26. The van der Waals surface area contributed by atoms with Crippen molar-refractivity contribution in [3.05, 3.63) is 29.6 Å². The molecule has 0 N–H and O–H groups in total. The molecule has 0 aromatic heterocycles. The lowest BCUT2D eigenvalue weighted by Crippen LogP contribution is -2.04. The topological polar surface area (TPSA) is 0 Å². The van der Waals surface area contributed by atoms with E-state index in [0.29, 0.717) is 0 Å². The first-order valence-corrected chi connectivity index (χ1v) is 2.94. The lowest BCUT2D eigenvalue weighted by molar-refractivity contribution is 0.146. The Bertz CT molecular complexity index is 260. The summed E-state index contributed by atoms with van der Waals surface area (Å²) in [6.07, 6.45) is -2.78. The fraction of sp³-hybridized carbons (Fsp3) is 0.143. The third-order valence-electron chi connectivity index (χ3n) is 1.26. The van der Waals surface area contributed by atoms with Gasteiger partial charge in [0.25, 0.3) is 6.43 Å². The van der Waals surface area contributed by atoms with Crippen LogP contribution in [0.1, 0.15) is 12.0 Å². The SMILES string of the molecule is [B]c1ccc(C(F)F)c(F)c1. The first-order valence-electron chi connectivity index (χ1n) is 2.94. The molecule has 1 rings (SSSR count). The van der Waals surface area contributed by atoms with Gasteiger partial charge in [0.1, 0.15) is 13.7 Å². The molecule has 0 aliphatic heterocycles. The van der Waals surface area contributed by atoms with Crippen molar-refractivity contribution in [2.45, 2.75) is 6.43 Å². The van der Waals surface area contributed by atoms with E-state index in [1.54, 1.807) is 0 Å². The standard InChI is InChI=1S/C7H4BF3/c8-4-1-2-5(7(10)11)6(9)3-4/h1-3,7H. The van der Waals surface area contributed by atoms with E-state index >= 15 is 0 Å². The predicted octanol–water partition coefficient (Wildman–Crippen LogP) is 1.56. The predicted molar refractivity (Wildman–Crippen MR) is 36.7 cm³/mol. The second-order valence-corrected chi connectivity index (χ2v) is 2.08. The maximum absolute atomic E-state index is 12.5. The molecule has 0 unspecified atom stereocenters. The van der Waals surface area contributed by atoms with Crippen LogP contribution in [0.25, 0.3) is 0 Å². The normalized spacial score (nSPS) is 10.5. The number of hydrogen-bond acceptors (Lipinski definition) is 0. The highest BCUT2D eigenvalue weighted by Gasteiger charge is 2.11. The van der Waals surface area contributed by atoms with Crippen LogP contribution in [0, 0.1) is 5.82 Å². The smallest absolute Gasteiger partial charge is 0.207 e. The van der Waals surface area contributed by atoms with Gasteiger partial charge in [0, 0.05) is 0 Å². The number of benzene rings is 1. The molecular formula is C7H4BF3. The minimum absolute atomic E-state index is 0.145. The Kier molecular flexibility index (Phi) is 2.22. The van der Waals surface area contributed by atoms with Crippen molar-refractivity contribution in [1.29, 1.82) is 0 Å². The van der Waals surface area contributed by atoms with Gasteiger partial charge in [-0.25, -0.2) is 13.2 Å². The van der Waals surface area contributed by atoms with Gasteiger partial charge in [0.2, 0.25) is 0 Å². The van der Waals surface area contributed by atoms with Gasteiger partial charge in [-0.3, -0.25) is 0 Å². The van der Waals surface area contributed by atoms with Crippen LogP contribution in [-0.2, 0) is 0 Å². The Morgan fingerprint density at radius 3 is 2.36 bits per heavy atom. The summed E-state index contributed by atoms with van der Waals surface area (Å²) < 4.78 is 36.3. The monoisotopic (exact) mass is 156 g/mol. The molecule has 0 aliphatic carbocycles. The molecule has 1 aromatic carbocycles. The zero-order chi connectivity index (χ0) is 8.43. The molecule has 0 heterocycles. The van der Waals surface area contributed by atoms with E-state index in [-0.39, 0.29) is 5.46 Å². The molecule has 11 heavy (non-hydrogen) atoms. The highest BCUT2D eigenvalue weighted by Crippen LogP contribution is 2.20. The molecule has 0 fully saturated rings. The van der Waals surface area contributed by atoms with Crippen LogP contribution in [0.2, 0.25) is 0 Å². The minimum atomic E-state index is -2.78. The fourth-order valence-corrected chi connectivity index (χ4v) is 0.720. The van der Waals surface area contributed by atoms with Gasteiger partial charge in [0.15, 0.2) is 0 Å². The molecule has 0 aliphatic rings. The average Bonchev–Trinajstić information content (AvgIpc) is 1.85. The van der Waals surface area contributed by atoms with Crippen molar-refractivity contribution in [2.24, 2.45) is 0 Å². The molecule has 2 radical (unpaired) electrons. The second kappa shape index (κ2) is 2.99. The highest BCUT2D eigenvalue weighted by molar-refractivity contribution is 6.32. The van der Waals surface area contributed by atoms with Gasteiger partial charge in [0.05, 0.1) is 5.56 Å². The Morgan fingerprint density at radius 2 is 1.91 bits per heavy atom. The Labute approximate surface area is 63.4 Å². The summed E-state index contributed by atoms with van der Waals surface area (Å²) in [6.45, 7) is 0. The summed E-state index contributed by atoms with van der Waals surface area (Å²) in [5, 5.41) is 0. The van der Waals surface area contributed by atoms with Crippen LogP contribution in [-0.4, -0.2) is 7.85 Å². The third kappa shape index (κ3) is 1.76. The van der Waals surface area contributed by atoms with Crippen molar-refractivity contribution in [2.75, 3.05) is 0 Å². The van der Waals surface area contributed by atoms with E-state index in [4.69, 9.17) is 7.85 Å². The molecule has 1 aromatic rings. The van der Waals surface area contributed by atoms with Crippen LogP contribution in [0.15, 0.2) is 18.2 Å². The highest BCUT2D eigenvalue weighted by atomic mass is 19.3. The summed E-state index contributed by atoms with van der Waals surface area (Å²) in [5.41, 5.74) is -0.467. The molecule has 0 saturated heterocycles. The first kappa shape index (κ1) is 8.17. The van der Waals surface area contributed by atoms with Crippen molar-refractivity contribution in [1.82, 2.24) is 0 Å². The van der Waals surface area contributed by atoms with Gasteiger partial charge in [-0.15, -0.1) is 0 Å². The largest absolute Gasteiger partial charge is 0.266 e. The number of alkyl halides is 2. The molecule has 0 nitrogen and oxygen atoms in total. The van der Waals surface area contributed by atoms with Crippen LogP contribution >= 0.6 is 0 Å².